The summed E-state index contributed by atoms with van der Waals surface area (Å²) in [6, 6.07) is 17.8. The smallest absolute Gasteiger partial charge is 0.374 e. The molecule has 3 rings (SSSR count). The largest absolute Gasteiger partial charge is 0.455 e. The summed E-state index contributed by atoms with van der Waals surface area (Å²) in [6.45, 7) is -0.0785. The number of hydrogen-bond acceptors (Lipinski definition) is 6. The molecule has 2 aromatic carbocycles. The number of rotatable bonds is 6. The van der Waals surface area contributed by atoms with E-state index in [9.17, 15) is 18.0 Å². The number of esters is 1. The summed E-state index contributed by atoms with van der Waals surface area (Å²) >= 11 is 0. The van der Waals surface area contributed by atoms with Crippen LogP contribution in [0.25, 0.3) is 0 Å². The van der Waals surface area contributed by atoms with Crippen molar-refractivity contribution < 1.29 is 27.2 Å². The maximum Gasteiger partial charge on any atom is 0.374 e. The van der Waals surface area contributed by atoms with Gasteiger partial charge in [-0.1, -0.05) is 30.3 Å². The van der Waals surface area contributed by atoms with Gasteiger partial charge in [-0.05, 0) is 42.0 Å². The third kappa shape index (κ3) is 4.84. The molecule has 0 saturated carbocycles. The molecule has 28 heavy (non-hydrogen) atoms. The summed E-state index contributed by atoms with van der Waals surface area (Å²) in [4.78, 5) is 24.1. The Hall–Kier alpha value is -3.43. The Kier molecular flexibility index (Phi) is 5.57. The predicted molar refractivity (Wildman–Crippen MR) is 100 cm³/mol. The highest BCUT2D eigenvalue weighted by molar-refractivity contribution is 7.89. The van der Waals surface area contributed by atoms with Gasteiger partial charge in [0, 0.05) is 11.3 Å². The zero-order chi connectivity index (χ0) is 20.1. The topological polar surface area (TPSA) is 129 Å². The van der Waals surface area contributed by atoms with Gasteiger partial charge >= 0.3 is 5.97 Å². The molecule has 3 N–H and O–H groups in total. The van der Waals surface area contributed by atoms with Crippen LogP contribution in [0.1, 0.15) is 26.5 Å². The molecule has 0 bridgehead atoms. The van der Waals surface area contributed by atoms with Crippen LogP contribution >= 0.6 is 0 Å². The van der Waals surface area contributed by atoms with E-state index in [1.165, 1.54) is 6.07 Å². The highest BCUT2D eigenvalue weighted by Crippen LogP contribution is 2.15. The molecule has 1 heterocycles. The molecule has 0 aliphatic rings. The molecule has 0 spiro atoms. The van der Waals surface area contributed by atoms with Crippen LogP contribution in [0.2, 0.25) is 0 Å². The summed E-state index contributed by atoms with van der Waals surface area (Å²) in [6.07, 6.45) is 0. The van der Waals surface area contributed by atoms with Crippen LogP contribution in [0.5, 0.6) is 0 Å². The Balaban J connectivity index is 1.57. The lowest BCUT2D eigenvalue weighted by molar-refractivity contribution is 0.0430. The minimum atomic E-state index is -4.03. The number of para-hydroxylation sites is 1. The lowest BCUT2D eigenvalue weighted by atomic mass is 10.1. The number of nitrogens with two attached hydrogens (primary N) is 1. The number of anilines is 1. The lowest BCUT2D eigenvalue weighted by Crippen LogP contribution is -2.12. The number of ether oxygens (including phenoxy) is 1. The number of carbonyl (C=O) groups excluding carboxylic acids is 2. The molecule has 1 aromatic heterocycles. The van der Waals surface area contributed by atoms with E-state index in [1.807, 2.05) is 18.2 Å². The van der Waals surface area contributed by atoms with E-state index >= 15 is 0 Å². The number of furan rings is 1. The standard InChI is InChI=1S/C19H16N2O6S/c20-28(24,25)17-11-10-16(27-17)19(23)26-12-13-6-8-14(9-7-13)18(22)21-15-4-2-1-3-5-15/h1-11H,12H2,(H,21,22)(H2,20,24,25). The van der Waals surface area contributed by atoms with Gasteiger partial charge < -0.3 is 14.5 Å². The Morgan fingerprint density at radius 1 is 0.964 bits per heavy atom. The minimum Gasteiger partial charge on any atom is -0.455 e. The number of primary sulfonamides is 1. The average Bonchev–Trinajstić information content (AvgIpc) is 3.18. The first-order chi connectivity index (χ1) is 13.3. The predicted octanol–water partition coefficient (Wildman–Crippen LogP) is 2.54. The molecule has 0 radical (unpaired) electrons. The molecule has 1 amide bonds. The van der Waals surface area contributed by atoms with Crippen molar-refractivity contribution in [1.29, 1.82) is 0 Å². The first kappa shape index (κ1) is 19.3. The first-order valence-corrected chi connectivity index (χ1v) is 9.63. The second-order valence-corrected chi connectivity index (χ2v) is 7.25. The van der Waals surface area contributed by atoms with Gasteiger partial charge in [0.2, 0.25) is 10.9 Å². The Morgan fingerprint density at radius 3 is 2.25 bits per heavy atom. The van der Waals surface area contributed by atoms with Crippen LogP contribution in [0.3, 0.4) is 0 Å². The number of carbonyl (C=O) groups is 2. The van der Waals surface area contributed by atoms with E-state index in [0.717, 1.165) is 6.07 Å². The van der Waals surface area contributed by atoms with Gasteiger partial charge in [0.25, 0.3) is 15.9 Å². The Bertz CT molecular complexity index is 1090. The van der Waals surface area contributed by atoms with Crippen LogP contribution < -0.4 is 10.5 Å². The second kappa shape index (κ2) is 8.07. The van der Waals surface area contributed by atoms with Gasteiger partial charge in [-0.25, -0.2) is 18.4 Å². The molecule has 9 heteroatoms. The van der Waals surface area contributed by atoms with Gasteiger partial charge in [-0.15, -0.1) is 0 Å². The van der Waals surface area contributed by atoms with E-state index in [1.54, 1.807) is 36.4 Å². The molecule has 0 aliphatic heterocycles. The van der Waals surface area contributed by atoms with Crippen molar-refractivity contribution in [3.63, 3.8) is 0 Å². The van der Waals surface area contributed by atoms with E-state index in [2.05, 4.69) is 5.32 Å². The molecule has 3 aromatic rings. The molecule has 0 atom stereocenters. The lowest BCUT2D eigenvalue weighted by Gasteiger charge is -2.07. The monoisotopic (exact) mass is 400 g/mol. The quantitative estimate of drug-likeness (QED) is 0.612. The second-order valence-electron chi connectivity index (χ2n) is 5.76. The highest BCUT2D eigenvalue weighted by Gasteiger charge is 2.18. The van der Waals surface area contributed by atoms with Crippen LogP contribution in [0.4, 0.5) is 5.69 Å². The number of nitrogens with one attached hydrogen (secondary N) is 1. The van der Waals surface area contributed by atoms with Crippen LogP contribution in [-0.4, -0.2) is 20.3 Å². The fourth-order valence-corrected chi connectivity index (χ4v) is 2.74. The molecular weight excluding hydrogens is 384 g/mol. The average molecular weight is 400 g/mol. The summed E-state index contributed by atoms with van der Waals surface area (Å²) in [5, 5.41) is 7.16. The first-order valence-electron chi connectivity index (χ1n) is 8.08. The SMILES string of the molecule is NS(=O)(=O)c1ccc(C(=O)OCc2ccc(C(=O)Nc3ccccc3)cc2)o1. The molecule has 144 valence electrons. The molecule has 0 fully saturated rings. The zero-order valence-electron chi connectivity index (χ0n) is 14.5. The van der Waals surface area contributed by atoms with Crippen LogP contribution in [-0.2, 0) is 21.4 Å². The van der Waals surface area contributed by atoms with Gasteiger partial charge in [-0.2, -0.15) is 0 Å². The van der Waals surface area contributed by atoms with Crippen molar-refractivity contribution in [3.05, 3.63) is 83.6 Å². The molecule has 0 unspecified atom stereocenters. The fraction of sp³-hybridized carbons (Fsp3) is 0.0526. The van der Waals surface area contributed by atoms with E-state index in [0.29, 0.717) is 16.8 Å². The van der Waals surface area contributed by atoms with Crippen molar-refractivity contribution in [2.75, 3.05) is 5.32 Å². The van der Waals surface area contributed by atoms with E-state index in [4.69, 9.17) is 14.3 Å². The van der Waals surface area contributed by atoms with Crippen molar-refractivity contribution in [2.45, 2.75) is 11.7 Å². The van der Waals surface area contributed by atoms with Gasteiger partial charge in [0.15, 0.2) is 0 Å². The summed E-state index contributed by atoms with van der Waals surface area (Å²) in [5.74, 6) is -1.37. The third-order valence-electron chi connectivity index (χ3n) is 3.68. The molecule has 8 nitrogen and oxygen atoms in total. The number of amides is 1. The highest BCUT2D eigenvalue weighted by atomic mass is 32.2. The van der Waals surface area contributed by atoms with Gasteiger partial charge in [0.05, 0.1) is 0 Å². The summed E-state index contributed by atoms with van der Waals surface area (Å²) in [5.41, 5.74) is 1.77. The Morgan fingerprint density at radius 2 is 1.64 bits per heavy atom. The van der Waals surface area contributed by atoms with Crippen molar-refractivity contribution in [1.82, 2.24) is 0 Å². The van der Waals surface area contributed by atoms with Crippen LogP contribution in [0.15, 0.2) is 76.2 Å². The summed E-state index contributed by atoms with van der Waals surface area (Å²) in [7, 11) is -4.03. The molecular formula is C19H16N2O6S. The minimum absolute atomic E-state index is 0.0785. The van der Waals surface area contributed by atoms with E-state index < -0.39 is 21.1 Å². The molecule has 0 saturated heterocycles. The van der Waals surface area contributed by atoms with Crippen molar-refractivity contribution in [3.8, 4) is 0 Å². The van der Waals surface area contributed by atoms with Crippen LogP contribution in [0, 0.1) is 0 Å². The normalized spacial score (nSPS) is 11.0. The maximum atomic E-state index is 12.2. The van der Waals surface area contributed by atoms with Gasteiger partial charge in [0.1, 0.15) is 6.61 Å². The zero-order valence-corrected chi connectivity index (χ0v) is 15.3. The molecule has 0 aliphatic carbocycles. The van der Waals surface area contributed by atoms with Gasteiger partial charge in [-0.3, -0.25) is 4.79 Å². The maximum absolute atomic E-state index is 12.2. The fourth-order valence-electron chi connectivity index (χ4n) is 2.28. The van der Waals surface area contributed by atoms with Crippen molar-refractivity contribution in [2.24, 2.45) is 5.14 Å². The number of sulfonamides is 1. The van der Waals surface area contributed by atoms with E-state index in [-0.39, 0.29) is 18.3 Å². The Labute approximate surface area is 161 Å². The van der Waals surface area contributed by atoms with Crippen molar-refractivity contribution >= 4 is 27.6 Å². The number of hydrogen-bond donors (Lipinski definition) is 2. The third-order valence-corrected chi connectivity index (χ3v) is 4.46. The summed E-state index contributed by atoms with van der Waals surface area (Å²) < 4.78 is 32.2. The number of benzene rings is 2.